The van der Waals surface area contributed by atoms with Gasteiger partial charge in [-0.15, -0.1) is 0 Å². The van der Waals surface area contributed by atoms with Crippen LogP contribution in [0.3, 0.4) is 0 Å². The number of hydrogen-bond donors (Lipinski definition) is 1. The molecule has 0 fully saturated rings. The molecule has 0 radical (unpaired) electrons. The largest absolute Gasteiger partial charge is 0.496 e. The molecule has 144 valence electrons. The quantitative estimate of drug-likeness (QED) is 0.483. The summed E-state index contributed by atoms with van der Waals surface area (Å²) in [6, 6.07) is 26.2. The lowest BCUT2D eigenvalue weighted by Crippen LogP contribution is -2.27. The lowest BCUT2D eigenvalue weighted by Gasteiger charge is -2.17. The van der Waals surface area contributed by atoms with E-state index in [4.69, 9.17) is 10.00 Å². The number of nitriles is 1. The number of para-hydroxylation sites is 1. The summed E-state index contributed by atoms with van der Waals surface area (Å²) in [6.45, 7) is 1.92. The van der Waals surface area contributed by atoms with E-state index in [1.54, 1.807) is 19.2 Å². The number of ether oxygens (including phenoxy) is 1. The first kappa shape index (κ1) is 19.9. The van der Waals surface area contributed by atoms with Crippen molar-refractivity contribution in [2.45, 2.75) is 13.0 Å². The van der Waals surface area contributed by atoms with Crippen LogP contribution in [-0.2, 0) is 4.79 Å². The summed E-state index contributed by atoms with van der Waals surface area (Å²) in [4.78, 5) is 13.2. The van der Waals surface area contributed by atoms with Crippen LogP contribution in [-0.4, -0.2) is 13.0 Å². The van der Waals surface area contributed by atoms with E-state index < -0.39 is 0 Å². The van der Waals surface area contributed by atoms with E-state index in [9.17, 15) is 4.79 Å². The standard InChI is InChI=1S/C25H22N2O2/c1-18(20-14-12-19(17-26)13-15-20)27-25(28)23(21-8-4-3-5-9-21)16-22-10-6-7-11-24(22)29-2/h3-16,18H,1-2H3,(H,27,28)/b23-16+. The summed E-state index contributed by atoms with van der Waals surface area (Å²) in [5, 5.41) is 12.0. The second-order valence-corrected chi connectivity index (χ2v) is 6.59. The van der Waals surface area contributed by atoms with Gasteiger partial charge in [-0.3, -0.25) is 4.79 Å². The smallest absolute Gasteiger partial charge is 0.252 e. The van der Waals surface area contributed by atoms with Crippen LogP contribution in [0.1, 0.15) is 35.2 Å². The molecule has 0 aromatic heterocycles. The SMILES string of the molecule is COc1ccccc1/C=C(/C(=O)NC(C)c1ccc(C#N)cc1)c1ccccc1. The van der Waals surface area contributed by atoms with Gasteiger partial charge >= 0.3 is 0 Å². The number of hydrogen-bond acceptors (Lipinski definition) is 3. The van der Waals surface area contributed by atoms with Gasteiger partial charge in [0.1, 0.15) is 5.75 Å². The predicted octanol–water partition coefficient (Wildman–Crippen LogP) is 4.98. The Kier molecular flexibility index (Phi) is 6.44. The minimum atomic E-state index is -0.208. The van der Waals surface area contributed by atoms with Crippen molar-refractivity contribution >= 4 is 17.6 Å². The monoisotopic (exact) mass is 382 g/mol. The molecule has 29 heavy (non-hydrogen) atoms. The third kappa shape index (κ3) is 4.91. The molecule has 0 saturated carbocycles. The van der Waals surface area contributed by atoms with Crippen molar-refractivity contribution in [1.82, 2.24) is 5.32 Å². The number of nitrogens with zero attached hydrogens (tertiary/aromatic N) is 1. The summed E-state index contributed by atoms with van der Waals surface area (Å²) in [7, 11) is 1.61. The molecular formula is C25H22N2O2. The van der Waals surface area contributed by atoms with Crippen LogP contribution in [0.5, 0.6) is 5.75 Å². The predicted molar refractivity (Wildman–Crippen MR) is 115 cm³/mol. The van der Waals surface area contributed by atoms with Crippen LogP contribution in [0, 0.1) is 11.3 Å². The van der Waals surface area contributed by atoms with Gasteiger partial charge in [0.15, 0.2) is 0 Å². The van der Waals surface area contributed by atoms with E-state index >= 15 is 0 Å². The van der Waals surface area contributed by atoms with E-state index in [0.717, 1.165) is 16.7 Å². The molecule has 1 unspecified atom stereocenters. The van der Waals surface area contributed by atoms with Gasteiger partial charge in [-0.2, -0.15) is 5.26 Å². The maximum absolute atomic E-state index is 13.2. The van der Waals surface area contributed by atoms with E-state index in [1.165, 1.54) is 0 Å². The fourth-order valence-electron chi connectivity index (χ4n) is 3.04. The zero-order chi connectivity index (χ0) is 20.6. The molecule has 4 nitrogen and oxygen atoms in total. The second-order valence-electron chi connectivity index (χ2n) is 6.59. The molecule has 0 aliphatic heterocycles. The number of nitrogens with one attached hydrogen (secondary N) is 1. The van der Waals surface area contributed by atoms with Crippen LogP contribution >= 0.6 is 0 Å². The van der Waals surface area contributed by atoms with Crippen molar-refractivity contribution in [3.63, 3.8) is 0 Å². The van der Waals surface area contributed by atoms with Gasteiger partial charge in [0.2, 0.25) is 0 Å². The molecule has 0 saturated heterocycles. The van der Waals surface area contributed by atoms with Gasteiger partial charge in [-0.25, -0.2) is 0 Å². The summed E-state index contributed by atoms with van der Waals surface area (Å²) in [6.07, 6.45) is 1.84. The molecule has 0 bridgehead atoms. The Hall–Kier alpha value is -3.84. The van der Waals surface area contributed by atoms with Gasteiger partial charge in [-0.05, 0) is 42.3 Å². The Balaban J connectivity index is 1.92. The van der Waals surface area contributed by atoms with E-state index in [2.05, 4.69) is 11.4 Å². The van der Waals surface area contributed by atoms with Gasteiger partial charge in [0, 0.05) is 11.1 Å². The maximum atomic E-state index is 13.2. The first-order valence-electron chi connectivity index (χ1n) is 9.33. The minimum absolute atomic E-state index is 0.182. The third-order valence-electron chi connectivity index (χ3n) is 4.66. The van der Waals surface area contributed by atoms with E-state index in [-0.39, 0.29) is 11.9 Å². The average Bonchev–Trinajstić information content (AvgIpc) is 2.78. The summed E-state index contributed by atoms with van der Waals surface area (Å²) < 4.78 is 5.43. The van der Waals surface area contributed by atoms with Gasteiger partial charge in [0.05, 0.1) is 24.8 Å². The molecule has 1 atom stereocenters. The molecule has 3 aromatic rings. The Morgan fingerprint density at radius 1 is 1.00 bits per heavy atom. The highest BCUT2D eigenvalue weighted by Gasteiger charge is 2.16. The number of carbonyl (C=O) groups is 1. The summed E-state index contributed by atoms with van der Waals surface area (Å²) >= 11 is 0. The van der Waals surface area contributed by atoms with Crippen LogP contribution in [0.4, 0.5) is 0 Å². The van der Waals surface area contributed by atoms with Crippen molar-refractivity contribution < 1.29 is 9.53 Å². The Bertz CT molecular complexity index is 1050. The first-order chi connectivity index (χ1) is 14.1. The fourth-order valence-corrected chi connectivity index (χ4v) is 3.04. The molecule has 0 aliphatic rings. The van der Waals surface area contributed by atoms with Crippen molar-refractivity contribution in [2.24, 2.45) is 0 Å². The molecule has 1 N–H and O–H groups in total. The minimum Gasteiger partial charge on any atom is -0.496 e. The second kappa shape index (κ2) is 9.38. The number of benzene rings is 3. The van der Waals surface area contributed by atoms with Crippen LogP contribution in [0.25, 0.3) is 11.6 Å². The van der Waals surface area contributed by atoms with E-state index in [0.29, 0.717) is 16.9 Å². The van der Waals surface area contributed by atoms with Crippen molar-refractivity contribution in [2.75, 3.05) is 7.11 Å². The third-order valence-corrected chi connectivity index (χ3v) is 4.66. The maximum Gasteiger partial charge on any atom is 0.252 e. The number of amides is 1. The van der Waals surface area contributed by atoms with E-state index in [1.807, 2.05) is 79.7 Å². The highest BCUT2D eigenvalue weighted by atomic mass is 16.5. The molecule has 3 rings (SSSR count). The number of methoxy groups -OCH3 is 1. The highest BCUT2D eigenvalue weighted by Crippen LogP contribution is 2.25. The van der Waals surface area contributed by atoms with Crippen LogP contribution < -0.4 is 10.1 Å². The van der Waals surface area contributed by atoms with Crippen molar-refractivity contribution in [3.05, 3.63) is 101 Å². The highest BCUT2D eigenvalue weighted by molar-refractivity contribution is 6.24. The summed E-state index contributed by atoms with van der Waals surface area (Å²) in [5.74, 6) is 0.521. The number of carbonyl (C=O) groups excluding carboxylic acids is 1. The molecule has 0 spiro atoms. The molecule has 0 heterocycles. The Morgan fingerprint density at radius 3 is 2.31 bits per heavy atom. The van der Waals surface area contributed by atoms with Gasteiger partial charge < -0.3 is 10.1 Å². The van der Waals surface area contributed by atoms with Crippen LogP contribution in [0.2, 0.25) is 0 Å². The first-order valence-corrected chi connectivity index (χ1v) is 9.33. The lowest BCUT2D eigenvalue weighted by molar-refractivity contribution is -0.116. The zero-order valence-corrected chi connectivity index (χ0v) is 16.4. The Morgan fingerprint density at radius 2 is 1.66 bits per heavy atom. The molecule has 4 heteroatoms. The normalized spacial score (nSPS) is 12.0. The molecule has 1 amide bonds. The zero-order valence-electron chi connectivity index (χ0n) is 16.4. The van der Waals surface area contributed by atoms with Crippen LogP contribution in [0.15, 0.2) is 78.9 Å². The topological polar surface area (TPSA) is 62.1 Å². The fraction of sp³-hybridized carbons (Fsp3) is 0.120. The molecule has 3 aromatic carbocycles. The van der Waals surface area contributed by atoms with Crippen molar-refractivity contribution in [3.8, 4) is 11.8 Å². The number of rotatable bonds is 6. The van der Waals surface area contributed by atoms with Gasteiger partial charge in [0.25, 0.3) is 5.91 Å². The summed E-state index contributed by atoms with van der Waals surface area (Å²) in [5.41, 5.74) is 3.73. The lowest BCUT2D eigenvalue weighted by atomic mass is 10.00. The Labute approximate surface area is 171 Å². The van der Waals surface area contributed by atoms with Gasteiger partial charge in [-0.1, -0.05) is 60.7 Å². The average molecular weight is 382 g/mol. The van der Waals surface area contributed by atoms with Crippen molar-refractivity contribution in [1.29, 1.82) is 5.26 Å². The molecular weight excluding hydrogens is 360 g/mol. The molecule has 0 aliphatic carbocycles.